The molecule has 0 bridgehead atoms. The Hall–Kier alpha value is -3.44. The number of hydrogen-bond acceptors (Lipinski definition) is 6. The standard InChI is InChI=1S/C25H27ClFN5O4S/c1-13-7-18-20(22(34)31(6)24(35)30(18)5)32(13)10-19(33)29-23-28-17(11-37-23)14-8-15(26)21(16(27)9-14)36-12-25(2,3)4/h7-9,11H,10,12H2,1-6H3,(H,28,29,33). The van der Waals surface area contributed by atoms with E-state index in [0.29, 0.717) is 34.2 Å². The number of thiazole rings is 1. The highest BCUT2D eigenvalue weighted by molar-refractivity contribution is 7.14. The first-order valence-corrected chi connectivity index (χ1v) is 12.7. The number of aryl methyl sites for hydroxylation is 2. The third kappa shape index (κ3) is 5.33. The average Bonchev–Trinajstić information content (AvgIpc) is 3.39. The van der Waals surface area contributed by atoms with Crippen LogP contribution in [0.15, 0.2) is 33.2 Å². The number of nitrogens with zero attached hydrogens (tertiary/aromatic N) is 4. The van der Waals surface area contributed by atoms with Gasteiger partial charge in [0.1, 0.15) is 12.1 Å². The number of benzene rings is 1. The van der Waals surface area contributed by atoms with Gasteiger partial charge in [0.25, 0.3) is 5.56 Å². The molecule has 3 aromatic heterocycles. The average molecular weight is 548 g/mol. The van der Waals surface area contributed by atoms with E-state index in [1.165, 1.54) is 29.0 Å². The van der Waals surface area contributed by atoms with E-state index in [0.717, 1.165) is 4.57 Å². The Morgan fingerprint density at radius 2 is 1.89 bits per heavy atom. The monoisotopic (exact) mass is 547 g/mol. The van der Waals surface area contributed by atoms with Crippen molar-refractivity contribution in [3.63, 3.8) is 0 Å². The lowest BCUT2D eigenvalue weighted by Crippen LogP contribution is -2.37. The van der Waals surface area contributed by atoms with Crippen LogP contribution in [0.1, 0.15) is 26.5 Å². The number of hydrogen-bond donors (Lipinski definition) is 1. The summed E-state index contributed by atoms with van der Waals surface area (Å²) in [5.41, 5.74) is 1.16. The van der Waals surface area contributed by atoms with Gasteiger partial charge < -0.3 is 14.6 Å². The van der Waals surface area contributed by atoms with E-state index in [1.54, 1.807) is 36.1 Å². The molecular formula is C25H27ClFN5O4S. The lowest BCUT2D eigenvalue weighted by molar-refractivity contribution is -0.116. The molecule has 4 rings (SSSR count). The van der Waals surface area contributed by atoms with Crippen molar-refractivity contribution in [2.45, 2.75) is 34.2 Å². The van der Waals surface area contributed by atoms with Crippen molar-refractivity contribution in [1.82, 2.24) is 18.7 Å². The topological polar surface area (TPSA) is 100 Å². The van der Waals surface area contributed by atoms with Gasteiger partial charge >= 0.3 is 5.69 Å². The first kappa shape index (κ1) is 26.6. The largest absolute Gasteiger partial charge is 0.488 e. The molecule has 0 unspecified atom stereocenters. The summed E-state index contributed by atoms with van der Waals surface area (Å²) in [6.45, 7) is 7.82. The van der Waals surface area contributed by atoms with Crippen LogP contribution >= 0.6 is 22.9 Å². The number of carbonyl (C=O) groups is 1. The molecule has 0 aliphatic heterocycles. The number of rotatable bonds is 6. The minimum Gasteiger partial charge on any atom is -0.488 e. The molecule has 4 aromatic rings. The molecule has 0 aliphatic carbocycles. The summed E-state index contributed by atoms with van der Waals surface area (Å²) in [4.78, 5) is 42.2. The van der Waals surface area contributed by atoms with E-state index < -0.39 is 23.0 Å². The molecule has 196 valence electrons. The number of fused-ring (bicyclic) bond motifs is 1. The van der Waals surface area contributed by atoms with Crippen LogP contribution in [-0.4, -0.2) is 31.2 Å². The predicted octanol–water partition coefficient (Wildman–Crippen LogP) is 4.33. The molecule has 0 saturated heterocycles. The van der Waals surface area contributed by atoms with Gasteiger partial charge in [-0.2, -0.15) is 0 Å². The van der Waals surface area contributed by atoms with Crippen LogP contribution in [0.4, 0.5) is 9.52 Å². The molecule has 0 saturated carbocycles. The van der Waals surface area contributed by atoms with Gasteiger partial charge in [-0.15, -0.1) is 11.3 Å². The predicted molar refractivity (Wildman–Crippen MR) is 143 cm³/mol. The van der Waals surface area contributed by atoms with Gasteiger partial charge in [0.15, 0.2) is 16.7 Å². The maximum absolute atomic E-state index is 14.7. The second kappa shape index (κ2) is 9.79. The Morgan fingerprint density at radius 1 is 1.19 bits per heavy atom. The highest BCUT2D eigenvalue weighted by atomic mass is 35.5. The molecular weight excluding hydrogens is 521 g/mol. The second-order valence-corrected chi connectivity index (χ2v) is 11.3. The molecule has 0 atom stereocenters. The fourth-order valence-electron chi connectivity index (χ4n) is 3.82. The quantitative estimate of drug-likeness (QED) is 0.387. The van der Waals surface area contributed by atoms with Crippen LogP contribution in [0.5, 0.6) is 5.75 Å². The molecule has 37 heavy (non-hydrogen) atoms. The van der Waals surface area contributed by atoms with E-state index in [4.69, 9.17) is 16.3 Å². The van der Waals surface area contributed by atoms with E-state index in [-0.39, 0.29) is 28.2 Å². The maximum atomic E-state index is 14.7. The molecule has 1 aromatic carbocycles. The lowest BCUT2D eigenvalue weighted by Gasteiger charge is -2.20. The highest BCUT2D eigenvalue weighted by Crippen LogP contribution is 2.35. The van der Waals surface area contributed by atoms with Gasteiger partial charge in [-0.3, -0.25) is 18.7 Å². The molecule has 0 radical (unpaired) electrons. The van der Waals surface area contributed by atoms with Crippen LogP contribution in [0, 0.1) is 18.2 Å². The summed E-state index contributed by atoms with van der Waals surface area (Å²) in [6, 6.07) is 4.55. The summed E-state index contributed by atoms with van der Waals surface area (Å²) in [7, 11) is 2.97. The maximum Gasteiger partial charge on any atom is 0.331 e. The SMILES string of the molecule is Cc1cc2c(c(=O)n(C)c(=O)n2C)n1CC(=O)Nc1nc(-c2cc(F)c(OCC(C)(C)C)c(Cl)c2)cs1. The number of nitrogens with one attached hydrogen (secondary N) is 1. The smallest absolute Gasteiger partial charge is 0.331 e. The number of aromatic nitrogens is 4. The molecule has 0 fully saturated rings. The van der Waals surface area contributed by atoms with Crippen LogP contribution in [0.25, 0.3) is 22.3 Å². The van der Waals surface area contributed by atoms with E-state index >= 15 is 0 Å². The molecule has 0 aliphatic rings. The minimum atomic E-state index is -0.601. The van der Waals surface area contributed by atoms with Gasteiger partial charge in [-0.25, -0.2) is 14.2 Å². The van der Waals surface area contributed by atoms with Gasteiger partial charge in [0.05, 0.1) is 22.8 Å². The lowest BCUT2D eigenvalue weighted by atomic mass is 9.99. The van der Waals surface area contributed by atoms with E-state index in [9.17, 15) is 18.8 Å². The summed E-state index contributed by atoms with van der Waals surface area (Å²) in [5.74, 6) is -1.02. The Balaban J connectivity index is 1.54. The van der Waals surface area contributed by atoms with Gasteiger partial charge in [0, 0.05) is 30.7 Å². The second-order valence-electron chi connectivity index (χ2n) is 10.0. The number of halogens is 2. The number of ether oxygens (including phenoxy) is 1. The molecule has 0 spiro atoms. The highest BCUT2D eigenvalue weighted by Gasteiger charge is 2.20. The third-order valence-electron chi connectivity index (χ3n) is 5.72. The summed E-state index contributed by atoms with van der Waals surface area (Å²) in [6.07, 6.45) is 0. The fourth-order valence-corrected chi connectivity index (χ4v) is 4.82. The van der Waals surface area contributed by atoms with Crippen molar-refractivity contribution in [2.24, 2.45) is 19.5 Å². The number of amides is 1. The molecule has 1 N–H and O–H groups in total. The van der Waals surface area contributed by atoms with Crippen LogP contribution in [-0.2, 0) is 25.4 Å². The molecule has 12 heteroatoms. The van der Waals surface area contributed by atoms with Gasteiger partial charge in [-0.05, 0) is 30.5 Å². The third-order valence-corrected chi connectivity index (χ3v) is 6.76. The number of anilines is 1. The fraction of sp³-hybridized carbons (Fsp3) is 0.360. The summed E-state index contributed by atoms with van der Waals surface area (Å²) < 4.78 is 24.2. The van der Waals surface area contributed by atoms with Crippen molar-refractivity contribution in [1.29, 1.82) is 0 Å². The Labute approximate surface area is 221 Å². The van der Waals surface area contributed by atoms with Crippen LogP contribution < -0.4 is 21.3 Å². The zero-order valence-corrected chi connectivity index (χ0v) is 22.9. The van der Waals surface area contributed by atoms with Crippen molar-refractivity contribution in [3.05, 3.63) is 61.0 Å². The molecule has 1 amide bonds. The van der Waals surface area contributed by atoms with Crippen LogP contribution in [0.2, 0.25) is 5.02 Å². The van der Waals surface area contributed by atoms with Crippen molar-refractivity contribution >= 4 is 45.0 Å². The van der Waals surface area contributed by atoms with E-state index in [2.05, 4.69) is 10.3 Å². The first-order valence-electron chi connectivity index (χ1n) is 11.4. The zero-order chi connectivity index (χ0) is 27.2. The minimum absolute atomic E-state index is 0.0120. The van der Waals surface area contributed by atoms with Crippen molar-refractivity contribution in [2.75, 3.05) is 11.9 Å². The van der Waals surface area contributed by atoms with Crippen molar-refractivity contribution in [3.8, 4) is 17.0 Å². The zero-order valence-electron chi connectivity index (χ0n) is 21.3. The molecule has 9 nitrogen and oxygen atoms in total. The van der Waals surface area contributed by atoms with Gasteiger partial charge in [0.2, 0.25) is 5.91 Å². The van der Waals surface area contributed by atoms with Gasteiger partial charge in [-0.1, -0.05) is 32.4 Å². The summed E-state index contributed by atoms with van der Waals surface area (Å²) in [5, 5.41) is 4.83. The Morgan fingerprint density at radius 3 is 2.54 bits per heavy atom. The Bertz CT molecular complexity index is 1620. The first-order chi connectivity index (χ1) is 17.3. The number of carbonyl (C=O) groups excluding carboxylic acids is 1. The van der Waals surface area contributed by atoms with Crippen molar-refractivity contribution < 1.29 is 13.9 Å². The summed E-state index contributed by atoms with van der Waals surface area (Å²) >= 11 is 7.45. The van der Waals surface area contributed by atoms with E-state index in [1.807, 2.05) is 20.8 Å². The van der Waals surface area contributed by atoms with Crippen LogP contribution in [0.3, 0.4) is 0 Å². The Kier molecular flexibility index (Phi) is 7.04. The normalized spacial score (nSPS) is 11.8. The molecule has 3 heterocycles.